The molecule has 0 radical (unpaired) electrons. The van der Waals surface area contributed by atoms with Crippen molar-refractivity contribution in [3.63, 3.8) is 0 Å². The minimum absolute atomic E-state index is 0.0136. The Kier molecular flexibility index (Phi) is 6.34. The maximum Gasteiger partial charge on any atom is 0.416 e. The van der Waals surface area contributed by atoms with Crippen LogP contribution in [0.25, 0.3) is 0 Å². The average Bonchev–Trinajstić information content (AvgIpc) is 2.57. The molecule has 0 aliphatic carbocycles. The van der Waals surface area contributed by atoms with Gasteiger partial charge in [0, 0.05) is 0 Å². The van der Waals surface area contributed by atoms with Crippen molar-refractivity contribution in [1.29, 1.82) is 0 Å². The van der Waals surface area contributed by atoms with Crippen molar-refractivity contribution >= 4 is 12.0 Å². The Bertz CT molecular complexity index is 800. The van der Waals surface area contributed by atoms with Crippen LogP contribution in [0, 0.1) is 0 Å². The molecule has 1 aromatic rings. The highest BCUT2D eigenvalue weighted by Gasteiger charge is 2.37. The summed E-state index contributed by atoms with van der Waals surface area (Å²) < 4.78 is 87.5. The van der Waals surface area contributed by atoms with E-state index >= 15 is 0 Å². The summed E-state index contributed by atoms with van der Waals surface area (Å²) in [6, 6.07) is -0.777. The second kappa shape index (κ2) is 8.21. The molecule has 0 fully saturated rings. The van der Waals surface area contributed by atoms with E-state index in [1.165, 1.54) is 13.8 Å². The van der Waals surface area contributed by atoms with Gasteiger partial charge in [-0.1, -0.05) is 0 Å². The summed E-state index contributed by atoms with van der Waals surface area (Å²) in [5.41, 5.74) is -3.30. The minimum atomic E-state index is -5.04. The molecule has 1 aromatic carbocycles. The van der Waals surface area contributed by atoms with Crippen LogP contribution in [-0.4, -0.2) is 31.3 Å². The Morgan fingerprint density at radius 1 is 1.07 bits per heavy atom. The zero-order valence-electron chi connectivity index (χ0n) is 15.1. The first kappa shape index (κ1) is 22.4. The second-order valence-electron chi connectivity index (χ2n) is 5.96. The number of ether oxygens (including phenoxy) is 2. The molecule has 0 aromatic heterocycles. The maximum absolute atomic E-state index is 12.9. The number of hydrogen-bond acceptors (Lipinski definition) is 4. The standard InChI is InChI=1S/C17H16F6N2O4/c1-3-28-14(26)13-8(2)24-15(27)25-12(13)7-29-11-5-9(16(18,19)20)4-10(6-11)17(21,22)23/h4-6,8H,3,7H2,1-2H3,(H2,24,25,27). The molecule has 0 saturated heterocycles. The fraction of sp³-hybridized carbons (Fsp3) is 0.412. The van der Waals surface area contributed by atoms with Gasteiger partial charge in [0.25, 0.3) is 0 Å². The van der Waals surface area contributed by atoms with Crippen LogP contribution < -0.4 is 15.4 Å². The number of esters is 1. The fourth-order valence-corrected chi connectivity index (χ4v) is 2.56. The summed E-state index contributed by atoms with van der Waals surface area (Å²) in [6.07, 6.45) is -10.1. The first-order chi connectivity index (χ1) is 13.3. The number of nitrogens with one attached hydrogen (secondary N) is 2. The smallest absolute Gasteiger partial charge is 0.416 e. The number of carbonyl (C=O) groups excluding carboxylic acids is 2. The van der Waals surface area contributed by atoms with E-state index in [-0.39, 0.29) is 23.9 Å². The third-order valence-corrected chi connectivity index (χ3v) is 3.81. The monoisotopic (exact) mass is 426 g/mol. The Hall–Kier alpha value is -2.92. The SMILES string of the molecule is CCOC(=O)C1=C(COc2cc(C(F)(F)F)cc(C(F)(F)F)c2)NC(=O)NC1C. The van der Waals surface area contributed by atoms with E-state index in [9.17, 15) is 35.9 Å². The van der Waals surface area contributed by atoms with E-state index in [1.54, 1.807) is 0 Å². The molecule has 0 saturated carbocycles. The molecule has 0 bridgehead atoms. The van der Waals surface area contributed by atoms with Crippen molar-refractivity contribution < 1.29 is 45.4 Å². The van der Waals surface area contributed by atoms with Gasteiger partial charge in [-0.25, -0.2) is 9.59 Å². The molecule has 2 rings (SSSR count). The van der Waals surface area contributed by atoms with Crippen molar-refractivity contribution in [2.45, 2.75) is 32.2 Å². The van der Waals surface area contributed by atoms with Crippen LogP contribution in [0.5, 0.6) is 5.75 Å². The average molecular weight is 426 g/mol. The first-order valence-electron chi connectivity index (χ1n) is 8.23. The fourth-order valence-electron chi connectivity index (χ4n) is 2.56. The highest BCUT2D eigenvalue weighted by molar-refractivity contribution is 5.94. The maximum atomic E-state index is 12.9. The Labute approximate surface area is 160 Å². The largest absolute Gasteiger partial charge is 0.487 e. The zero-order valence-corrected chi connectivity index (χ0v) is 15.1. The lowest BCUT2D eigenvalue weighted by molar-refractivity contribution is -0.143. The van der Waals surface area contributed by atoms with Crippen molar-refractivity contribution in [3.05, 3.63) is 40.6 Å². The van der Waals surface area contributed by atoms with Crippen molar-refractivity contribution in [2.24, 2.45) is 0 Å². The van der Waals surface area contributed by atoms with E-state index in [4.69, 9.17) is 9.47 Å². The molecule has 6 nitrogen and oxygen atoms in total. The molecule has 2 amide bonds. The molecule has 160 valence electrons. The molecular formula is C17H16F6N2O4. The van der Waals surface area contributed by atoms with Gasteiger partial charge >= 0.3 is 24.4 Å². The van der Waals surface area contributed by atoms with Crippen LogP contribution in [0.4, 0.5) is 31.1 Å². The predicted molar refractivity (Wildman–Crippen MR) is 86.7 cm³/mol. The molecule has 1 heterocycles. The number of alkyl halides is 6. The summed E-state index contributed by atoms with van der Waals surface area (Å²) in [7, 11) is 0. The van der Waals surface area contributed by atoms with Crippen molar-refractivity contribution in [3.8, 4) is 5.75 Å². The zero-order chi connectivity index (χ0) is 22.0. The van der Waals surface area contributed by atoms with Crippen LogP contribution in [0.3, 0.4) is 0 Å². The lowest BCUT2D eigenvalue weighted by atomic mass is 10.0. The highest BCUT2D eigenvalue weighted by atomic mass is 19.4. The van der Waals surface area contributed by atoms with E-state index in [0.29, 0.717) is 12.1 Å². The van der Waals surface area contributed by atoms with Crippen LogP contribution in [0.2, 0.25) is 0 Å². The van der Waals surface area contributed by atoms with Crippen molar-refractivity contribution in [1.82, 2.24) is 10.6 Å². The molecule has 0 spiro atoms. The van der Waals surface area contributed by atoms with Gasteiger partial charge in [-0.15, -0.1) is 0 Å². The van der Waals surface area contributed by atoms with E-state index in [1.807, 2.05) is 0 Å². The molecule has 1 aliphatic heterocycles. The van der Waals surface area contributed by atoms with E-state index in [2.05, 4.69) is 10.6 Å². The molecule has 29 heavy (non-hydrogen) atoms. The van der Waals surface area contributed by atoms with E-state index in [0.717, 1.165) is 0 Å². The van der Waals surface area contributed by atoms with Crippen LogP contribution >= 0.6 is 0 Å². The van der Waals surface area contributed by atoms with Gasteiger partial charge < -0.3 is 20.1 Å². The summed E-state index contributed by atoms with van der Waals surface area (Å²) >= 11 is 0. The third kappa shape index (κ3) is 5.55. The number of amides is 2. The number of hydrogen-bond donors (Lipinski definition) is 2. The Balaban J connectivity index is 2.38. The van der Waals surface area contributed by atoms with E-state index < -0.39 is 53.9 Å². The van der Waals surface area contributed by atoms with Gasteiger partial charge in [-0.3, -0.25) is 0 Å². The van der Waals surface area contributed by atoms with Crippen LogP contribution in [-0.2, 0) is 21.9 Å². The number of urea groups is 1. The minimum Gasteiger partial charge on any atom is -0.487 e. The molecular weight excluding hydrogens is 410 g/mol. The summed E-state index contributed by atoms with van der Waals surface area (Å²) in [6.45, 7) is 2.34. The topological polar surface area (TPSA) is 76.7 Å². The molecule has 2 N–H and O–H groups in total. The lowest BCUT2D eigenvalue weighted by Crippen LogP contribution is -2.50. The summed E-state index contributed by atoms with van der Waals surface area (Å²) in [5, 5.41) is 4.65. The molecule has 1 aliphatic rings. The van der Waals surface area contributed by atoms with Gasteiger partial charge in [0.15, 0.2) is 0 Å². The Morgan fingerprint density at radius 2 is 1.62 bits per heavy atom. The number of rotatable bonds is 5. The Morgan fingerprint density at radius 3 is 2.10 bits per heavy atom. The van der Waals surface area contributed by atoms with Crippen LogP contribution in [0.1, 0.15) is 25.0 Å². The number of benzene rings is 1. The van der Waals surface area contributed by atoms with Crippen LogP contribution in [0.15, 0.2) is 29.5 Å². The summed E-state index contributed by atoms with van der Waals surface area (Å²) in [4.78, 5) is 23.7. The van der Waals surface area contributed by atoms with Gasteiger partial charge in [-0.2, -0.15) is 26.3 Å². The molecule has 12 heteroatoms. The normalized spacial score (nSPS) is 17.5. The predicted octanol–water partition coefficient (Wildman–Crippen LogP) is 3.62. The van der Waals surface area contributed by atoms with Crippen molar-refractivity contribution in [2.75, 3.05) is 13.2 Å². The van der Waals surface area contributed by atoms with Gasteiger partial charge in [0.2, 0.25) is 0 Å². The summed E-state index contributed by atoms with van der Waals surface area (Å²) in [5.74, 6) is -1.55. The molecule has 1 atom stereocenters. The quantitative estimate of drug-likeness (QED) is 0.557. The number of halogens is 6. The number of carbonyl (C=O) groups is 2. The van der Waals surface area contributed by atoms with Gasteiger partial charge in [0.1, 0.15) is 12.4 Å². The van der Waals surface area contributed by atoms with Gasteiger partial charge in [0.05, 0.1) is 35.0 Å². The lowest BCUT2D eigenvalue weighted by Gasteiger charge is -2.26. The second-order valence-corrected chi connectivity index (χ2v) is 5.96. The molecule has 1 unspecified atom stereocenters. The first-order valence-corrected chi connectivity index (χ1v) is 8.23. The highest BCUT2D eigenvalue weighted by Crippen LogP contribution is 2.38. The van der Waals surface area contributed by atoms with Gasteiger partial charge in [-0.05, 0) is 32.0 Å². The third-order valence-electron chi connectivity index (χ3n) is 3.81.